The molecule has 1 aliphatic rings. The average molecular weight is 598 g/mol. The molecule has 11 heteroatoms. The number of rotatable bonds is 9. The molecule has 228 valence electrons. The van der Waals surface area contributed by atoms with E-state index in [-0.39, 0.29) is 62.0 Å². The lowest BCUT2D eigenvalue weighted by atomic mass is 9.89. The molecule has 3 amide bonds. The molecule has 42 heavy (non-hydrogen) atoms. The van der Waals surface area contributed by atoms with Crippen LogP contribution in [0.3, 0.4) is 0 Å². The number of sulfonamides is 1. The highest BCUT2D eigenvalue weighted by Crippen LogP contribution is 2.36. The molecule has 0 spiro atoms. The summed E-state index contributed by atoms with van der Waals surface area (Å²) < 4.78 is 35.1. The summed E-state index contributed by atoms with van der Waals surface area (Å²) in [7, 11) is -4.41. The number of hydrazine groups is 1. The number of nitriles is 1. The number of urea groups is 1. The van der Waals surface area contributed by atoms with Gasteiger partial charge in [0, 0.05) is 32.7 Å². The third-order valence-corrected chi connectivity index (χ3v) is 9.06. The van der Waals surface area contributed by atoms with Crippen molar-refractivity contribution in [1.82, 2.24) is 19.6 Å². The Labute approximate surface area is 250 Å². The molecular formula is C31H43N5O5S. The third kappa shape index (κ3) is 7.41. The van der Waals surface area contributed by atoms with Crippen LogP contribution in [0.1, 0.15) is 94.0 Å². The summed E-state index contributed by atoms with van der Waals surface area (Å²) in [5.74, 6) is -0.0533. The Bertz CT molecular complexity index is 1390. The first-order valence-corrected chi connectivity index (χ1v) is 15.9. The van der Waals surface area contributed by atoms with Gasteiger partial charge in [-0.2, -0.15) is 13.7 Å². The molecule has 0 bridgehead atoms. The topological polar surface area (TPSA) is 123 Å². The SMILES string of the molecule is CCOC(=O)N1CCN(C(=O)N(NCc2cccc(C#N)c2)S(=O)(=O)c2c(C(C)C)cc(C(C)C)cc2C(C)C)CC1. The largest absolute Gasteiger partial charge is 0.450 e. The number of benzene rings is 2. The predicted molar refractivity (Wildman–Crippen MR) is 161 cm³/mol. The van der Waals surface area contributed by atoms with Gasteiger partial charge < -0.3 is 14.5 Å². The van der Waals surface area contributed by atoms with Gasteiger partial charge in [0.15, 0.2) is 0 Å². The second kappa shape index (κ2) is 14.0. The van der Waals surface area contributed by atoms with E-state index in [1.54, 1.807) is 31.2 Å². The van der Waals surface area contributed by atoms with Crippen LogP contribution < -0.4 is 5.43 Å². The van der Waals surface area contributed by atoms with Crippen LogP contribution in [0, 0.1) is 11.3 Å². The van der Waals surface area contributed by atoms with Gasteiger partial charge in [-0.05, 0) is 59.1 Å². The Kier molecular flexibility index (Phi) is 11.0. The highest BCUT2D eigenvalue weighted by molar-refractivity contribution is 7.89. The molecule has 0 saturated carbocycles. The van der Waals surface area contributed by atoms with E-state index in [2.05, 4.69) is 25.3 Å². The summed E-state index contributed by atoms with van der Waals surface area (Å²) in [6.07, 6.45) is -0.460. The van der Waals surface area contributed by atoms with E-state index in [1.807, 2.05) is 39.8 Å². The fourth-order valence-electron chi connectivity index (χ4n) is 4.87. The zero-order valence-corrected chi connectivity index (χ0v) is 26.5. The summed E-state index contributed by atoms with van der Waals surface area (Å²) in [6, 6.07) is 12.0. The summed E-state index contributed by atoms with van der Waals surface area (Å²) in [5, 5.41) is 9.32. The van der Waals surface area contributed by atoms with Gasteiger partial charge in [-0.25, -0.2) is 15.0 Å². The lowest BCUT2D eigenvalue weighted by Crippen LogP contribution is -2.58. The summed E-state index contributed by atoms with van der Waals surface area (Å²) in [6.45, 7) is 14.6. The highest BCUT2D eigenvalue weighted by atomic mass is 32.2. The molecule has 2 aromatic carbocycles. The van der Waals surface area contributed by atoms with Gasteiger partial charge >= 0.3 is 12.1 Å². The quantitative estimate of drug-likeness (QED) is 0.378. The van der Waals surface area contributed by atoms with Crippen LogP contribution in [-0.2, 0) is 21.3 Å². The number of nitrogens with zero attached hydrogens (tertiary/aromatic N) is 4. The van der Waals surface area contributed by atoms with Crippen molar-refractivity contribution in [3.8, 4) is 6.07 Å². The van der Waals surface area contributed by atoms with Gasteiger partial charge in [-0.1, -0.05) is 65.8 Å². The Hall–Kier alpha value is -3.62. The fourth-order valence-corrected chi connectivity index (χ4v) is 6.79. The number of piperazine rings is 1. The number of ether oxygens (including phenoxy) is 1. The number of nitrogens with one attached hydrogen (secondary N) is 1. The molecule has 1 heterocycles. The molecule has 3 rings (SSSR count). The van der Waals surface area contributed by atoms with Crippen LogP contribution in [0.15, 0.2) is 41.3 Å². The van der Waals surface area contributed by atoms with Crippen LogP contribution in [0.4, 0.5) is 9.59 Å². The molecule has 0 atom stereocenters. The van der Waals surface area contributed by atoms with Crippen LogP contribution in [-0.4, -0.2) is 67.5 Å². The monoisotopic (exact) mass is 597 g/mol. The maximum Gasteiger partial charge on any atom is 0.409 e. The molecule has 2 aromatic rings. The Morgan fingerprint density at radius 2 is 1.52 bits per heavy atom. The molecule has 1 fully saturated rings. The van der Waals surface area contributed by atoms with Crippen molar-refractivity contribution in [3.63, 3.8) is 0 Å². The lowest BCUT2D eigenvalue weighted by Gasteiger charge is -2.37. The zero-order chi connectivity index (χ0) is 31.2. The van der Waals surface area contributed by atoms with E-state index in [0.29, 0.717) is 22.3 Å². The van der Waals surface area contributed by atoms with Crippen molar-refractivity contribution in [2.75, 3.05) is 32.8 Å². The smallest absolute Gasteiger partial charge is 0.409 e. The Morgan fingerprint density at radius 1 is 0.952 bits per heavy atom. The average Bonchev–Trinajstić information content (AvgIpc) is 2.96. The maximum absolute atomic E-state index is 14.6. The van der Waals surface area contributed by atoms with Crippen molar-refractivity contribution < 1.29 is 22.7 Å². The van der Waals surface area contributed by atoms with Crippen molar-refractivity contribution in [3.05, 3.63) is 64.2 Å². The van der Waals surface area contributed by atoms with Gasteiger partial charge in [0.1, 0.15) is 0 Å². The van der Waals surface area contributed by atoms with Crippen molar-refractivity contribution in [2.45, 2.75) is 77.7 Å². The first-order valence-electron chi connectivity index (χ1n) is 14.5. The maximum atomic E-state index is 14.6. The molecular weight excluding hydrogens is 554 g/mol. The van der Waals surface area contributed by atoms with Crippen LogP contribution in [0.2, 0.25) is 0 Å². The van der Waals surface area contributed by atoms with Gasteiger partial charge in [0.2, 0.25) is 0 Å². The number of amides is 3. The van der Waals surface area contributed by atoms with Crippen LogP contribution in [0.25, 0.3) is 0 Å². The fraction of sp³-hybridized carbons (Fsp3) is 0.516. The van der Waals surface area contributed by atoms with Crippen molar-refractivity contribution >= 4 is 22.1 Å². The second-order valence-corrected chi connectivity index (χ2v) is 13.1. The Morgan fingerprint density at radius 3 is 2.02 bits per heavy atom. The molecule has 0 aliphatic carbocycles. The molecule has 0 aromatic heterocycles. The first-order chi connectivity index (χ1) is 19.8. The van der Waals surface area contributed by atoms with Crippen LogP contribution in [0.5, 0.6) is 0 Å². The number of hydrogen-bond donors (Lipinski definition) is 1. The standard InChI is InChI=1S/C31H43N5O5S/c1-8-41-31(38)35-14-12-34(13-15-35)30(37)36(33-20-25-11-9-10-24(16-25)19-32)42(39,40)29-27(22(4)5)17-26(21(2)3)18-28(29)23(6)7/h9-11,16-18,21-23,33H,8,12-15,20H2,1-7H3. The van der Waals surface area contributed by atoms with Crippen LogP contribution >= 0.6 is 0 Å². The van der Waals surface area contributed by atoms with Gasteiger partial charge in [-0.3, -0.25) is 0 Å². The minimum atomic E-state index is -4.41. The van der Waals surface area contributed by atoms with Crippen molar-refractivity contribution in [1.29, 1.82) is 5.26 Å². The second-order valence-electron chi connectivity index (χ2n) is 11.4. The third-order valence-electron chi connectivity index (χ3n) is 7.31. The minimum Gasteiger partial charge on any atom is -0.450 e. The molecule has 0 unspecified atom stereocenters. The Balaban J connectivity index is 2.08. The first kappa shape index (κ1) is 32.9. The van der Waals surface area contributed by atoms with E-state index in [1.165, 1.54) is 9.80 Å². The molecule has 0 radical (unpaired) electrons. The highest BCUT2D eigenvalue weighted by Gasteiger charge is 2.38. The van der Waals surface area contributed by atoms with E-state index in [4.69, 9.17) is 4.74 Å². The molecule has 1 saturated heterocycles. The van der Waals surface area contributed by atoms with Gasteiger partial charge in [-0.15, -0.1) is 4.41 Å². The number of hydrogen-bond acceptors (Lipinski definition) is 7. The number of carbonyl (C=O) groups excluding carboxylic acids is 2. The van der Waals surface area contributed by atoms with Gasteiger partial charge in [0.25, 0.3) is 10.0 Å². The van der Waals surface area contributed by atoms with Gasteiger partial charge in [0.05, 0.1) is 23.1 Å². The van der Waals surface area contributed by atoms with E-state index < -0.39 is 22.1 Å². The van der Waals surface area contributed by atoms with E-state index in [9.17, 15) is 23.3 Å². The number of carbonyl (C=O) groups is 2. The molecule has 1 N–H and O–H groups in total. The normalized spacial score (nSPS) is 13.9. The summed E-state index contributed by atoms with van der Waals surface area (Å²) in [5.41, 5.74) is 6.32. The predicted octanol–water partition coefficient (Wildman–Crippen LogP) is 5.52. The van der Waals surface area contributed by atoms with E-state index >= 15 is 0 Å². The van der Waals surface area contributed by atoms with E-state index in [0.717, 1.165) is 9.98 Å². The molecule has 1 aliphatic heterocycles. The summed E-state index contributed by atoms with van der Waals surface area (Å²) >= 11 is 0. The zero-order valence-electron chi connectivity index (χ0n) is 25.7. The molecule has 10 nitrogen and oxygen atoms in total. The minimum absolute atomic E-state index is 0.00137. The lowest BCUT2D eigenvalue weighted by molar-refractivity contribution is 0.0806. The van der Waals surface area contributed by atoms with Crippen molar-refractivity contribution in [2.24, 2.45) is 0 Å². The summed E-state index contributed by atoms with van der Waals surface area (Å²) in [4.78, 5) is 29.3.